The molecule has 0 aromatic heterocycles. The Morgan fingerprint density at radius 1 is 1.12 bits per heavy atom. The highest BCUT2D eigenvalue weighted by molar-refractivity contribution is 6.07. The molecule has 0 atom stereocenters. The van der Waals surface area contributed by atoms with Gasteiger partial charge in [-0.25, -0.2) is 0 Å². The largest absolute Gasteiger partial charge is 0.416 e. The summed E-state index contributed by atoms with van der Waals surface area (Å²) in [5, 5.41) is 14.4. The number of aryl methyl sites for hydroxylation is 2. The third-order valence-corrected chi connectivity index (χ3v) is 3.59. The number of rotatable bonds is 4. The molecule has 0 saturated carbocycles. The van der Waals surface area contributed by atoms with Gasteiger partial charge in [0.25, 0.3) is 5.91 Å². The second kappa shape index (κ2) is 7.74. The fourth-order valence-electron chi connectivity index (χ4n) is 2.20. The van der Waals surface area contributed by atoms with Crippen molar-refractivity contribution in [2.45, 2.75) is 20.0 Å². The first-order valence-corrected chi connectivity index (χ1v) is 7.63. The third kappa shape index (κ3) is 4.86. The molecule has 2 N–H and O–H groups in total. The minimum absolute atomic E-state index is 0.204. The zero-order valence-electron chi connectivity index (χ0n) is 14.1. The van der Waals surface area contributed by atoms with E-state index in [9.17, 15) is 18.0 Å². The average molecular weight is 359 g/mol. The maximum Gasteiger partial charge on any atom is 0.416 e. The minimum Gasteiger partial charge on any atom is -0.360 e. The number of anilines is 2. The summed E-state index contributed by atoms with van der Waals surface area (Å²) in [5.74, 6) is -0.612. The summed E-state index contributed by atoms with van der Waals surface area (Å²) < 4.78 is 37.6. The summed E-state index contributed by atoms with van der Waals surface area (Å²) in [4.78, 5) is 12.2. The highest BCUT2D eigenvalue weighted by Crippen LogP contribution is 2.29. The number of halogens is 3. The Hall–Kier alpha value is -3.27. The molecule has 1 amide bonds. The third-order valence-electron chi connectivity index (χ3n) is 3.59. The first-order chi connectivity index (χ1) is 12.2. The molecule has 7 heteroatoms. The Morgan fingerprint density at radius 3 is 2.31 bits per heavy atom. The molecule has 134 valence electrons. The molecule has 0 unspecified atom stereocenters. The summed E-state index contributed by atoms with van der Waals surface area (Å²) >= 11 is 0. The van der Waals surface area contributed by atoms with Crippen LogP contribution in [0.1, 0.15) is 16.7 Å². The molecule has 0 fully saturated rings. The number of nitriles is 1. The number of alkyl halides is 3. The predicted molar refractivity (Wildman–Crippen MR) is 93.3 cm³/mol. The quantitative estimate of drug-likeness (QED) is 0.610. The first-order valence-electron chi connectivity index (χ1n) is 7.63. The fourth-order valence-corrected chi connectivity index (χ4v) is 2.20. The van der Waals surface area contributed by atoms with E-state index in [2.05, 4.69) is 10.6 Å². The van der Waals surface area contributed by atoms with E-state index in [1.54, 1.807) is 12.1 Å². The van der Waals surface area contributed by atoms with Crippen molar-refractivity contribution >= 4 is 17.3 Å². The molecule has 2 aromatic carbocycles. The summed E-state index contributed by atoms with van der Waals surface area (Å²) in [7, 11) is 0. The number of nitrogens with one attached hydrogen (secondary N) is 2. The number of hydrogen-bond acceptors (Lipinski definition) is 3. The number of hydrogen-bond donors (Lipinski definition) is 2. The Bertz CT molecular complexity index is 878. The molecule has 0 aliphatic heterocycles. The van der Waals surface area contributed by atoms with Gasteiger partial charge in [0.1, 0.15) is 11.6 Å². The molecule has 0 spiro atoms. The number of carbonyl (C=O) groups is 1. The van der Waals surface area contributed by atoms with Gasteiger partial charge in [0.15, 0.2) is 0 Å². The first kappa shape index (κ1) is 19.1. The van der Waals surface area contributed by atoms with Gasteiger partial charge in [-0.1, -0.05) is 17.7 Å². The topological polar surface area (TPSA) is 64.9 Å². The van der Waals surface area contributed by atoms with Gasteiger partial charge in [-0.3, -0.25) is 4.79 Å². The van der Waals surface area contributed by atoms with Gasteiger partial charge in [-0.2, -0.15) is 18.4 Å². The van der Waals surface area contributed by atoms with Crippen molar-refractivity contribution < 1.29 is 18.0 Å². The lowest BCUT2D eigenvalue weighted by molar-refractivity contribution is -0.137. The minimum atomic E-state index is -4.42. The van der Waals surface area contributed by atoms with Crippen LogP contribution < -0.4 is 10.6 Å². The van der Waals surface area contributed by atoms with E-state index in [0.717, 1.165) is 29.5 Å². The summed E-state index contributed by atoms with van der Waals surface area (Å²) in [6.07, 6.45) is -3.26. The van der Waals surface area contributed by atoms with E-state index in [1.165, 1.54) is 12.1 Å². The van der Waals surface area contributed by atoms with Crippen molar-refractivity contribution in [3.8, 4) is 6.07 Å². The van der Waals surface area contributed by atoms with Crippen molar-refractivity contribution in [2.24, 2.45) is 0 Å². The molecule has 4 nitrogen and oxygen atoms in total. The lowest BCUT2D eigenvalue weighted by Crippen LogP contribution is -2.15. The SMILES string of the molecule is Cc1ccc(NC(=O)/C(C#N)=C\Nc2ccc(C(F)(F)F)cc2)c(C)c1. The highest BCUT2D eigenvalue weighted by Gasteiger charge is 2.29. The highest BCUT2D eigenvalue weighted by atomic mass is 19.4. The average Bonchev–Trinajstić information content (AvgIpc) is 2.57. The van der Waals surface area contributed by atoms with Crippen molar-refractivity contribution in [2.75, 3.05) is 10.6 Å². The molecule has 0 heterocycles. The molecular formula is C19H16F3N3O. The number of nitrogens with zero attached hydrogens (tertiary/aromatic N) is 1. The summed E-state index contributed by atoms with van der Waals surface area (Å²) in [6.45, 7) is 3.76. The van der Waals surface area contributed by atoms with E-state index in [1.807, 2.05) is 26.0 Å². The van der Waals surface area contributed by atoms with Crippen LogP contribution in [0.2, 0.25) is 0 Å². The molecule has 0 aliphatic carbocycles. The van der Waals surface area contributed by atoms with Crippen molar-refractivity contribution in [3.05, 3.63) is 70.9 Å². The van der Waals surface area contributed by atoms with Crippen LogP contribution >= 0.6 is 0 Å². The van der Waals surface area contributed by atoms with E-state index in [0.29, 0.717) is 11.4 Å². The number of benzene rings is 2. The molecule has 0 bridgehead atoms. The smallest absolute Gasteiger partial charge is 0.360 e. The second-order valence-corrected chi connectivity index (χ2v) is 5.66. The van der Waals surface area contributed by atoms with Crippen LogP contribution in [-0.4, -0.2) is 5.91 Å². The van der Waals surface area contributed by atoms with Gasteiger partial charge in [0.05, 0.1) is 5.56 Å². The van der Waals surface area contributed by atoms with Gasteiger partial charge in [0.2, 0.25) is 0 Å². The maximum atomic E-state index is 12.5. The second-order valence-electron chi connectivity index (χ2n) is 5.66. The van der Waals surface area contributed by atoms with E-state index >= 15 is 0 Å². The maximum absolute atomic E-state index is 12.5. The normalized spacial score (nSPS) is 11.6. The van der Waals surface area contributed by atoms with Gasteiger partial charge in [-0.05, 0) is 49.7 Å². The van der Waals surface area contributed by atoms with Crippen LogP contribution in [0.3, 0.4) is 0 Å². The molecule has 26 heavy (non-hydrogen) atoms. The van der Waals surface area contributed by atoms with Gasteiger partial charge < -0.3 is 10.6 Å². The zero-order chi connectivity index (χ0) is 19.3. The Balaban J connectivity index is 2.09. The molecule has 0 aliphatic rings. The van der Waals surface area contributed by atoms with Crippen LogP contribution in [0, 0.1) is 25.2 Å². The van der Waals surface area contributed by atoms with Crippen LogP contribution in [-0.2, 0) is 11.0 Å². The van der Waals surface area contributed by atoms with Crippen LogP contribution in [0.4, 0.5) is 24.5 Å². The van der Waals surface area contributed by atoms with Crippen molar-refractivity contribution in [1.82, 2.24) is 0 Å². The molecule has 2 aromatic rings. The predicted octanol–water partition coefficient (Wildman–Crippen LogP) is 4.78. The fraction of sp³-hybridized carbons (Fsp3) is 0.158. The molecular weight excluding hydrogens is 343 g/mol. The zero-order valence-corrected chi connectivity index (χ0v) is 14.1. The van der Waals surface area contributed by atoms with Crippen LogP contribution in [0.15, 0.2) is 54.2 Å². The van der Waals surface area contributed by atoms with E-state index in [4.69, 9.17) is 5.26 Å². The van der Waals surface area contributed by atoms with Gasteiger partial charge in [-0.15, -0.1) is 0 Å². The van der Waals surface area contributed by atoms with Crippen LogP contribution in [0.5, 0.6) is 0 Å². The number of amides is 1. The lowest BCUT2D eigenvalue weighted by Gasteiger charge is -2.09. The molecule has 0 radical (unpaired) electrons. The van der Waals surface area contributed by atoms with E-state index < -0.39 is 17.6 Å². The van der Waals surface area contributed by atoms with Crippen LogP contribution in [0.25, 0.3) is 0 Å². The van der Waals surface area contributed by atoms with Crippen molar-refractivity contribution in [1.29, 1.82) is 5.26 Å². The van der Waals surface area contributed by atoms with Gasteiger partial charge in [0, 0.05) is 17.6 Å². The van der Waals surface area contributed by atoms with Crippen molar-refractivity contribution in [3.63, 3.8) is 0 Å². The number of carbonyl (C=O) groups excluding carboxylic acids is 1. The Labute approximate surface area is 149 Å². The lowest BCUT2D eigenvalue weighted by atomic mass is 10.1. The standard InChI is InChI=1S/C19H16F3N3O/c1-12-3-8-17(13(2)9-12)25-18(26)14(10-23)11-24-16-6-4-15(5-7-16)19(20,21)22/h3-9,11,24H,1-2H3,(H,25,26)/b14-11-. The molecule has 2 rings (SSSR count). The summed E-state index contributed by atoms with van der Waals surface area (Å²) in [6, 6.07) is 11.5. The monoisotopic (exact) mass is 359 g/mol. The van der Waals surface area contributed by atoms with E-state index in [-0.39, 0.29) is 5.57 Å². The van der Waals surface area contributed by atoms with Gasteiger partial charge >= 0.3 is 6.18 Å². The summed E-state index contributed by atoms with van der Waals surface area (Å²) in [5.41, 5.74) is 1.82. The molecule has 0 saturated heterocycles. The Morgan fingerprint density at radius 2 is 1.77 bits per heavy atom. The Kier molecular flexibility index (Phi) is 5.68.